The summed E-state index contributed by atoms with van der Waals surface area (Å²) in [6.45, 7) is 0. The van der Waals surface area contributed by atoms with Crippen molar-refractivity contribution in [2.24, 2.45) is 11.8 Å². The van der Waals surface area contributed by atoms with Gasteiger partial charge >= 0.3 is 5.97 Å². The Morgan fingerprint density at radius 2 is 1.22 bits per heavy atom. The Morgan fingerprint density at radius 1 is 0.694 bits per heavy atom. The summed E-state index contributed by atoms with van der Waals surface area (Å²) in [6, 6.07) is 35.9. The number of hydrogen-bond acceptors (Lipinski definition) is 3. The second-order valence-corrected chi connectivity index (χ2v) is 8.99. The molecule has 0 aromatic heterocycles. The molecule has 1 amide bonds. The first-order valence-electron chi connectivity index (χ1n) is 11.8. The number of nitriles is 1. The van der Waals surface area contributed by atoms with Crippen LogP contribution in [0.5, 0.6) is 0 Å². The molecular formula is C31H24N2O3. The third kappa shape index (κ3) is 4.25. The quantitative estimate of drug-likeness (QED) is 0.357. The number of carboxylic acids is 1. The molecule has 2 atom stereocenters. The summed E-state index contributed by atoms with van der Waals surface area (Å²) >= 11 is 0. The lowest BCUT2D eigenvalue weighted by Gasteiger charge is -2.49. The maximum atomic E-state index is 13.8. The summed E-state index contributed by atoms with van der Waals surface area (Å²) in [5, 5.41) is 22.8. The third-order valence-corrected chi connectivity index (χ3v) is 7.01. The predicted molar refractivity (Wildman–Crippen MR) is 138 cm³/mol. The Labute approximate surface area is 209 Å². The zero-order valence-electron chi connectivity index (χ0n) is 19.4. The second-order valence-electron chi connectivity index (χ2n) is 8.99. The summed E-state index contributed by atoms with van der Waals surface area (Å²) < 4.78 is 0. The number of carbonyl (C=O) groups is 2. The molecule has 0 saturated heterocycles. The summed E-state index contributed by atoms with van der Waals surface area (Å²) in [5.41, 5.74) is 4.25. The number of nitrogens with one attached hydrogen (secondary N) is 1. The number of benzene rings is 4. The van der Waals surface area contributed by atoms with Gasteiger partial charge in [-0.15, -0.1) is 0 Å². The average molecular weight is 473 g/mol. The zero-order chi connectivity index (χ0) is 25.1. The van der Waals surface area contributed by atoms with Crippen LogP contribution >= 0.6 is 0 Å². The van der Waals surface area contributed by atoms with Crippen LogP contribution in [0.2, 0.25) is 0 Å². The van der Waals surface area contributed by atoms with Crippen LogP contribution in [0.3, 0.4) is 0 Å². The monoisotopic (exact) mass is 472 g/mol. The van der Waals surface area contributed by atoms with E-state index in [-0.39, 0.29) is 5.91 Å². The molecule has 0 radical (unpaired) electrons. The van der Waals surface area contributed by atoms with Gasteiger partial charge in [-0.3, -0.25) is 9.59 Å². The number of anilines is 1. The normalized spacial score (nSPS) is 20.5. The Bertz CT molecular complexity index is 1380. The van der Waals surface area contributed by atoms with Gasteiger partial charge in [-0.2, -0.15) is 5.26 Å². The van der Waals surface area contributed by atoms with E-state index in [4.69, 9.17) is 0 Å². The summed E-state index contributed by atoms with van der Waals surface area (Å²) in [6.07, 6.45) is 0. The average Bonchev–Trinajstić information content (AvgIpc) is 2.89. The smallest absolute Gasteiger partial charge is 0.307 e. The van der Waals surface area contributed by atoms with Crippen molar-refractivity contribution >= 4 is 17.6 Å². The van der Waals surface area contributed by atoms with Crippen LogP contribution in [-0.2, 0) is 9.59 Å². The largest absolute Gasteiger partial charge is 0.481 e. The lowest BCUT2D eigenvalue weighted by atomic mass is 9.52. The Balaban J connectivity index is 1.54. The van der Waals surface area contributed by atoms with Gasteiger partial charge in [-0.05, 0) is 34.4 Å². The van der Waals surface area contributed by atoms with Crippen LogP contribution in [0.25, 0.3) is 11.1 Å². The lowest BCUT2D eigenvalue weighted by Crippen LogP contribution is -2.52. The van der Waals surface area contributed by atoms with E-state index in [1.165, 1.54) is 0 Å². The van der Waals surface area contributed by atoms with Crippen molar-refractivity contribution in [3.63, 3.8) is 0 Å². The van der Waals surface area contributed by atoms with E-state index >= 15 is 0 Å². The van der Waals surface area contributed by atoms with Gasteiger partial charge in [0, 0.05) is 11.8 Å². The fourth-order valence-electron chi connectivity index (χ4n) is 5.33. The first-order chi connectivity index (χ1) is 17.6. The van der Waals surface area contributed by atoms with E-state index < -0.39 is 29.6 Å². The number of rotatable bonds is 6. The van der Waals surface area contributed by atoms with Crippen LogP contribution in [-0.4, -0.2) is 17.0 Å². The SMILES string of the molecule is N#Cc1ccc(-c2ccccc2)cc1NC(=O)C1[C@@H](c2ccccc2)C(C(=O)O)[C@@H]1c1ccccc1. The summed E-state index contributed by atoms with van der Waals surface area (Å²) in [5.74, 6) is -3.55. The lowest BCUT2D eigenvalue weighted by molar-refractivity contribution is -0.152. The third-order valence-electron chi connectivity index (χ3n) is 7.01. The highest BCUT2D eigenvalue weighted by molar-refractivity contribution is 5.98. The highest BCUT2D eigenvalue weighted by atomic mass is 16.4. The first kappa shape index (κ1) is 23.1. The van der Waals surface area contributed by atoms with E-state index in [0.717, 1.165) is 22.3 Å². The molecule has 1 aliphatic rings. The molecule has 0 spiro atoms. The number of aliphatic carboxylic acids is 1. The van der Waals surface area contributed by atoms with Gasteiger partial charge in [0.2, 0.25) is 5.91 Å². The van der Waals surface area contributed by atoms with Gasteiger partial charge in [-0.1, -0.05) is 97.1 Å². The topological polar surface area (TPSA) is 90.2 Å². The van der Waals surface area contributed by atoms with Crippen molar-refractivity contribution in [1.82, 2.24) is 0 Å². The maximum absolute atomic E-state index is 13.8. The molecule has 4 aromatic rings. The highest BCUT2D eigenvalue weighted by Crippen LogP contribution is 2.58. The molecule has 5 heteroatoms. The van der Waals surface area contributed by atoms with Gasteiger partial charge < -0.3 is 10.4 Å². The number of carbonyl (C=O) groups excluding carboxylic acids is 1. The molecule has 0 bridgehead atoms. The van der Waals surface area contributed by atoms with Crippen molar-refractivity contribution in [3.8, 4) is 17.2 Å². The molecule has 176 valence electrons. The van der Waals surface area contributed by atoms with Crippen LogP contribution in [0.4, 0.5) is 5.69 Å². The second kappa shape index (κ2) is 9.89. The molecule has 2 N–H and O–H groups in total. The summed E-state index contributed by atoms with van der Waals surface area (Å²) in [7, 11) is 0. The number of hydrogen-bond donors (Lipinski definition) is 2. The highest BCUT2D eigenvalue weighted by Gasteiger charge is 2.58. The molecule has 1 fully saturated rings. The van der Waals surface area contributed by atoms with Crippen molar-refractivity contribution in [2.75, 3.05) is 5.32 Å². The van der Waals surface area contributed by atoms with Crippen molar-refractivity contribution in [3.05, 3.63) is 126 Å². The van der Waals surface area contributed by atoms with Gasteiger partial charge in [0.15, 0.2) is 0 Å². The van der Waals surface area contributed by atoms with Crippen LogP contribution in [0.15, 0.2) is 109 Å². The zero-order valence-corrected chi connectivity index (χ0v) is 19.4. The molecule has 5 nitrogen and oxygen atoms in total. The molecule has 0 aliphatic heterocycles. The van der Waals surface area contributed by atoms with Gasteiger partial charge in [0.1, 0.15) is 6.07 Å². The van der Waals surface area contributed by atoms with Crippen LogP contribution in [0.1, 0.15) is 28.5 Å². The van der Waals surface area contributed by atoms with E-state index in [9.17, 15) is 20.0 Å². The molecule has 0 unspecified atom stereocenters. The van der Waals surface area contributed by atoms with E-state index in [1.807, 2.05) is 97.1 Å². The van der Waals surface area contributed by atoms with Gasteiger partial charge in [0.05, 0.1) is 23.1 Å². The number of carboxylic acid groups (broad SMARTS) is 1. The van der Waals surface area contributed by atoms with E-state index in [2.05, 4.69) is 11.4 Å². The van der Waals surface area contributed by atoms with Gasteiger partial charge in [0.25, 0.3) is 0 Å². The summed E-state index contributed by atoms with van der Waals surface area (Å²) in [4.78, 5) is 26.2. The minimum atomic E-state index is -0.925. The van der Waals surface area contributed by atoms with E-state index in [1.54, 1.807) is 12.1 Å². The van der Waals surface area contributed by atoms with Crippen molar-refractivity contribution in [1.29, 1.82) is 5.26 Å². The van der Waals surface area contributed by atoms with Crippen LogP contribution in [0, 0.1) is 23.2 Å². The van der Waals surface area contributed by atoms with Crippen molar-refractivity contribution < 1.29 is 14.7 Å². The predicted octanol–water partition coefficient (Wildman–Crippen LogP) is 6.06. The van der Waals surface area contributed by atoms with E-state index in [0.29, 0.717) is 11.3 Å². The molecule has 1 saturated carbocycles. The van der Waals surface area contributed by atoms with Gasteiger partial charge in [-0.25, -0.2) is 0 Å². The minimum Gasteiger partial charge on any atom is -0.481 e. The Hall–Kier alpha value is -4.69. The first-order valence-corrected chi connectivity index (χ1v) is 11.8. The molecular weight excluding hydrogens is 448 g/mol. The van der Waals surface area contributed by atoms with Crippen LogP contribution < -0.4 is 5.32 Å². The Morgan fingerprint density at radius 3 is 1.72 bits per heavy atom. The molecule has 0 heterocycles. The number of nitrogens with zero attached hydrogens (tertiary/aromatic N) is 1. The standard InChI is InChI=1S/C31H24N2O3/c32-19-24-17-16-23(20-10-4-1-5-11-20)18-25(24)33-30(34)28-26(21-12-6-2-7-13-21)29(31(35)36)27(28)22-14-8-3-9-15-22/h1-18,26-29H,(H,33,34)(H,35,36)/t26-,27-,28?,29?/m1/s1. The Kier molecular flexibility index (Phi) is 6.34. The van der Waals surface area contributed by atoms with Crippen molar-refractivity contribution in [2.45, 2.75) is 11.8 Å². The molecule has 36 heavy (non-hydrogen) atoms. The number of amides is 1. The molecule has 1 aliphatic carbocycles. The maximum Gasteiger partial charge on any atom is 0.307 e. The molecule has 5 rings (SSSR count). The molecule has 4 aromatic carbocycles. The fraction of sp³-hybridized carbons (Fsp3) is 0.129. The fourth-order valence-corrected chi connectivity index (χ4v) is 5.33. The minimum absolute atomic E-state index is 0.295.